The lowest BCUT2D eigenvalue weighted by Gasteiger charge is -2.12. The van der Waals surface area contributed by atoms with Crippen LogP contribution < -0.4 is 16.0 Å². The summed E-state index contributed by atoms with van der Waals surface area (Å²) < 4.78 is 0. The molecule has 0 unspecified atom stereocenters. The van der Waals surface area contributed by atoms with E-state index in [1.54, 1.807) is 42.5 Å². The summed E-state index contributed by atoms with van der Waals surface area (Å²) >= 11 is 1.40. The molecule has 6 nitrogen and oxygen atoms in total. The van der Waals surface area contributed by atoms with Gasteiger partial charge in [-0.3, -0.25) is 14.4 Å². The van der Waals surface area contributed by atoms with Crippen LogP contribution in [0.3, 0.4) is 0 Å². The summed E-state index contributed by atoms with van der Waals surface area (Å²) in [6.07, 6.45) is 1.65. The van der Waals surface area contributed by atoms with Crippen molar-refractivity contribution in [2.75, 3.05) is 16.4 Å². The highest BCUT2D eigenvalue weighted by Gasteiger charge is 2.15. The van der Waals surface area contributed by atoms with Crippen molar-refractivity contribution in [1.29, 1.82) is 0 Å². The van der Waals surface area contributed by atoms with Crippen molar-refractivity contribution in [1.82, 2.24) is 5.32 Å². The van der Waals surface area contributed by atoms with Gasteiger partial charge >= 0.3 is 0 Å². The number of thioether (sulfide) groups is 1. The van der Waals surface area contributed by atoms with Crippen LogP contribution >= 0.6 is 11.8 Å². The highest BCUT2D eigenvalue weighted by atomic mass is 32.2. The number of rotatable bonds is 9. The Bertz CT molecular complexity index is 1460. The van der Waals surface area contributed by atoms with Crippen molar-refractivity contribution < 1.29 is 14.4 Å². The van der Waals surface area contributed by atoms with Crippen molar-refractivity contribution in [3.8, 4) is 0 Å². The summed E-state index contributed by atoms with van der Waals surface area (Å²) in [5, 5.41) is 8.48. The third-order valence-corrected chi connectivity index (χ3v) is 6.75. The zero-order chi connectivity index (χ0) is 27.6. The first-order chi connectivity index (χ1) is 18.9. The number of carbonyl (C=O) groups excluding carboxylic acids is 3. The van der Waals surface area contributed by atoms with E-state index >= 15 is 0 Å². The molecular weight excluding hydrogens is 506 g/mol. The molecule has 196 valence electrons. The first kappa shape index (κ1) is 27.4. The minimum atomic E-state index is -0.447. The molecule has 4 rings (SSSR count). The van der Waals surface area contributed by atoms with Crippen LogP contribution in [-0.4, -0.2) is 23.5 Å². The van der Waals surface area contributed by atoms with Gasteiger partial charge in [0, 0.05) is 21.8 Å². The predicted molar refractivity (Wildman–Crippen MR) is 159 cm³/mol. The lowest BCUT2D eigenvalue weighted by molar-refractivity contribution is -0.114. The third-order valence-electron chi connectivity index (χ3n) is 5.73. The maximum atomic E-state index is 13.2. The normalized spacial score (nSPS) is 11.0. The van der Waals surface area contributed by atoms with Gasteiger partial charge in [0.15, 0.2) is 0 Å². The van der Waals surface area contributed by atoms with Crippen LogP contribution in [0.1, 0.15) is 27.0 Å². The van der Waals surface area contributed by atoms with Gasteiger partial charge in [0.25, 0.3) is 11.8 Å². The monoisotopic (exact) mass is 535 g/mol. The summed E-state index contributed by atoms with van der Waals surface area (Å²) in [4.78, 5) is 39.2. The van der Waals surface area contributed by atoms with E-state index in [0.29, 0.717) is 11.3 Å². The molecular formula is C32H29N3O3S. The predicted octanol–water partition coefficient (Wildman–Crippen LogP) is 6.44. The quantitative estimate of drug-likeness (QED) is 0.170. The van der Waals surface area contributed by atoms with Gasteiger partial charge in [0.05, 0.1) is 5.75 Å². The van der Waals surface area contributed by atoms with Gasteiger partial charge in [-0.1, -0.05) is 65.7 Å². The molecule has 0 aliphatic carbocycles. The van der Waals surface area contributed by atoms with Gasteiger partial charge in [-0.05, 0) is 74.0 Å². The van der Waals surface area contributed by atoms with E-state index in [-0.39, 0.29) is 23.3 Å². The van der Waals surface area contributed by atoms with Gasteiger partial charge in [-0.15, -0.1) is 11.8 Å². The van der Waals surface area contributed by atoms with Gasteiger partial charge in [-0.25, -0.2) is 0 Å². The molecule has 0 aromatic heterocycles. The molecule has 0 aliphatic heterocycles. The molecule has 7 heteroatoms. The van der Waals surface area contributed by atoms with Crippen LogP contribution in [0.25, 0.3) is 6.08 Å². The number of carbonyl (C=O) groups is 3. The maximum absolute atomic E-state index is 13.2. The molecule has 3 N–H and O–H groups in total. The van der Waals surface area contributed by atoms with E-state index in [1.165, 1.54) is 11.8 Å². The average Bonchev–Trinajstić information content (AvgIpc) is 2.95. The molecule has 0 bridgehead atoms. The van der Waals surface area contributed by atoms with Crippen LogP contribution in [0.4, 0.5) is 11.4 Å². The first-order valence-corrected chi connectivity index (χ1v) is 13.4. The van der Waals surface area contributed by atoms with Crippen molar-refractivity contribution in [3.63, 3.8) is 0 Å². The van der Waals surface area contributed by atoms with Crippen LogP contribution in [0.5, 0.6) is 0 Å². The second-order valence-electron chi connectivity index (χ2n) is 8.97. The number of aryl methyl sites for hydroxylation is 2. The Morgan fingerprint density at radius 2 is 1.26 bits per heavy atom. The summed E-state index contributed by atoms with van der Waals surface area (Å²) in [6.45, 7) is 3.98. The molecule has 0 spiro atoms. The Kier molecular flexibility index (Phi) is 9.32. The number of amides is 3. The highest BCUT2D eigenvalue weighted by Crippen LogP contribution is 2.21. The maximum Gasteiger partial charge on any atom is 0.272 e. The van der Waals surface area contributed by atoms with E-state index in [1.807, 2.05) is 80.6 Å². The molecule has 0 fully saturated rings. The average molecular weight is 536 g/mol. The summed E-state index contributed by atoms with van der Waals surface area (Å²) in [7, 11) is 0. The Labute approximate surface area is 232 Å². The van der Waals surface area contributed by atoms with E-state index in [4.69, 9.17) is 0 Å². The molecule has 3 amide bonds. The Morgan fingerprint density at radius 1 is 0.692 bits per heavy atom. The minimum absolute atomic E-state index is 0.0960. The Balaban J connectivity index is 1.39. The molecule has 39 heavy (non-hydrogen) atoms. The van der Waals surface area contributed by atoms with Crippen LogP contribution in [0, 0.1) is 13.8 Å². The van der Waals surface area contributed by atoms with Gasteiger partial charge < -0.3 is 16.0 Å². The van der Waals surface area contributed by atoms with Crippen LogP contribution in [0.2, 0.25) is 0 Å². The van der Waals surface area contributed by atoms with E-state index in [9.17, 15) is 14.4 Å². The number of hydrogen-bond acceptors (Lipinski definition) is 4. The summed E-state index contributed by atoms with van der Waals surface area (Å²) in [5.74, 6) is -0.659. The number of hydrogen-bond donors (Lipinski definition) is 3. The summed E-state index contributed by atoms with van der Waals surface area (Å²) in [6, 6.07) is 31.2. The Hall–Kier alpha value is -4.62. The largest absolute Gasteiger partial charge is 0.325 e. The smallest absolute Gasteiger partial charge is 0.272 e. The van der Waals surface area contributed by atoms with Crippen LogP contribution in [0.15, 0.2) is 114 Å². The topological polar surface area (TPSA) is 87.3 Å². The van der Waals surface area contributed by atoms with E-state index in [2.05, 4.69) is 16.0 Å². The molecule has 4 aromatic rings. The zero-order valence-electron chi connectivity index (χ0n) is 21.7. The van der Waals surface area contributed by atoms with Gasteiger partial charge in [0.1, 0.15) is 5.70 Å². The molecule has 0 saturated carbocycles. The second kappa shape index (κ2) is 13.3. The van der Waals surface area contributed by atoms with E-state index < -0.39 is 5.91 Å². The molecule has 0 aliphatic rings. The molecule has 0 atom stereocenters. The molecule has 0 heterocycles. The van der Waals surface area contributed by atoms with Crippen LogP contribution in [-0.2, 0) is 9.59 Å². The first-order valence-electron chi connectivity index (χ1n) is 12.4. The minimum Gasteiger partial charge on any atom is -0.325 e. The fraction of sp³-hybridized carbons (Fsp3) is 0.0938. The summed E-state index contributed by atoms with van der Waals surface area (Å²) in [5.41, 5.74) is 4.92. The number of nitrogens with one attached hydrogen (secondary N) is 3. The van der Waals surface area contributed by atoms with Gasteiger partial charge in [0.2, 0.25) is 5.91 Å². The standard InChI is InChI=1S/C32H29N3O3S/c1-22-8-12-24(13-9-22)20-29(35-31(37)25-6-4-3-5-7-25)32(38)34-27-16-18-28(19-17-27)39-21-30(36)33-26-14-10-23(2)11-15-26/h3-20H,21H2,1-2H3,(H,33,36)(H,34,38)(H,35,37)/b29-20-. The fourth-order valence-corrected chi connectivity index (χ4v) is 4.29. The van der Waals surface area contributed by atoms with Gasteiger partial charge in [-0.2, -0.15) is 0 Å². The number of anilines is 2. The lowest BCUT2D eigenvalue weighted by Crippen LogP contribution is -2.30. The Morgan fingerprint density at radius 3 is 1.90 bits per heavy atom. The van der Waals surface area contributed by atoms with Crippen molar-refractivity contribution in [2.45, 2.75) is 18.7 Å². The third kappa shape index (κ3) is 8.45. The highest BCUT2D eigenvalue weighted by molar-refractivity contribution is 8.00. The van der Waals surface area contributed by atoms with Crippen molar-refractivity contribution in [3.05, 3.63) is 131 Å². The lowest BCUT2D eigenvalue weighted by atomic mass is 10.1. The second-order valence-corrected chi connectivity index (χ2v) is 10.0. The van der Waals surface area contributed by atoms with E-state index in [0.717, 1.165) is 27.3 Å². The number of benzene rings is 4. The molecule has 4 aromatic carbocycles. The molecule has 0 radical (unpaired) electrons. The van der Waals surface area contributed by atoms with Crippen molar-refractivity contribution >= 4 is 46.9 Å². The SMILES string of the molecule is Cc1ccc(/C=C(\NC(=O)c2ccccc2)C(=O)Nc2ccc(SCC(=O)Nc3ccc(C)cc3)cc2)cc1. The fourth-order valence-electron chi connectivity index (χ4n) is 3.59. The van der Waals surface area contributed by atoms with Crippen molar-refractivity contribution in [2.24, 2.45) is 0 Å². The molecule has 0 saturated heterocycles. The zero-order valence-corrected chi connectivity index (χ0v) is 22.5.